The highest BCUT2D eigenvalue weighted by Crippen LogP contribution is 2.40. The number of alkyl halides is 3. The summed E-state index contributed by atoms with van der Waals surface area (Å²) in [5.74, 6) is -1.75. The van der Waals surface area contributed by atoms with Gasteiger partial charge in [0.15, 0.2) is 0 Å². The standard InChI is InChI=1S/C16H17F3O3/c1-15(2,11-5-3-4-6-11)22-13-9-10(14(20)21)7-8-12(13)16(17,18)19/h3,5,7-9,11H,4,6H2,1-2H3,(H,20,21). The van der Waals surface area contributed by atoms with Crippen LogP contribution in [0.25, 0.3) is 0 Å². The van der Waals surface area contributed by atoms with E-state index >= 15 is 0 Å². The number of hydrogen-bond acceptors (Lipinski definition) is 2. The summed E-state index contributed by atoms with van der Waals surface area (Å²) in [6.45, 7) is 3.42. The van der Waals surface area contributed by atoms with Crippen LogP contribution in [0.5, 0.6) is 5.75 Å². The maximum absolute atomic E-state index is 13.1. The van der Waals surface area contributed by atoms with E-state index in [1.54, 1.807) is 13.8 Å². The molecule has 1 aliphatic carbocycles. The van der Waals surface area contributed by atoms with E-state index in [1.165, 1.54) is 0 Å². The lowest BCUT2D eigenvalue weighted by Gasteiger charge is -2.33. The number of benzene rings is 1. The highest BCUT2D eigenvalue weighted by molar-refractivity contribution is 5.88. The highest BCUT2D eigenvalue weighted by Gasteiger charge is 2.38. The average molecular weight is 314 g/mol. The van der Waals surface area contributed by atoms with Crippen molar-refractivity contribution in [3.63, 3.8) is 0 Å². The van der Waals surface area contributed by atoms with Crippen LogP contribution in [0.2, 0.25) is 0 Å². The molecule has 0 aromatic heterocycles. The summed E-state index contributed by atoms with van der Waals surface area (Å²) in [4.78, 5) is 11.0. The van der Waals surface area contributed by atoms with E-state index in [0.29, 0.717) is 0 Å². The van der Waals surface area contributed by atoms with Gasteiger partial charge in [-0.25, -0.2) is 4.79 Å². The molecule has 1 atom stereocenters. The number of aromatic carboxylic acids is 1. The molecular weight excluding hydrogens is 297 g/mol. The lowest BCUT2D eigenvalue weighted by Crippen LogP contribution is -2.36. The Morgan fingerprint density at radius 3 is 2.50 bits per heavy atom. The third-order valence-electron chi connectivity index (χ3n) is 3.81. The molecule has 0 fully saturated rings. The van der Waals surface area contributed by atoms with Crippen molar-refractivity contribution in [3.05, 3.63) is 41.5 Å². The first-order valence-corrected chi connectivity index (χ1v) is 6.91. The smallest absolute Gasteiger partial charge is 0.419 e. The van der Waals surface area contributed by atoms with E-state index in [2.05, 4.69) is 0 Å². The molecule has 1 aromatic rings. The summed E-state index contributed by atoms with van der Waals surface area (Å²) < 4.78 is 44.9. The molecule has 120 valence electrons. The maximum atomic E-state index is 13.1. The van der Waals surface area contributed by atoms with Gasteiger partial charge >= 0.3 is 12.1 Å². The molecule has 3 nitrogen and oxygen atoms in total. The maximum Gasteiger partial charge on any atom is 0.419 e. The van der Waals surface area contributed by atoms with Crippen LogP contribution >= 0.6 is 0 Å². The van der Waals surface area contributed by atoms with Gasteiger partial charge in [-0.1, -0.05) is 12.2 Å². The molecule has 0 aliphatic heterocycles. The zero-order valence-corrected chi connectivity index (χ0v) is 12.3. The predicted molar refractivity (Wildman–Crippen MR) is 75.0 cm³/mol. The molecule has 0 radical (unpaired) electrons. The minimum atomic E-state index is -4.60. The van der Waals surface area contributed by atoms with E-state index in [0.717, 1.165) is 31.0 Å². The van der Waals surface area contributed by atoms with Gasteiger partial charge in [0.25, 0.3) is 0 Å². The molecule has 0 bridgehead atoms. The van der Waals surface area contributed by atoms with Crippen LogP contribution in [-0.2, 0) is 6.18 Å². The minimum absolute atomic E-state index is 0.0120. The SMILES string of the molecule is CC(C)(Oc1cc(C(=O)O)ccc1C(F)(F)F)C1C=CCC1. The van der Waals surface area contributed by atoms with E-state index in [-0.39, 0.29) is 11.5 Å². The van der Waals surface area contributed by atoms with Gasteiger partial charge in [-0.15, -0.1) is 0 Å². The van der Waals surface area contributed by atoms with Crippen molar-refractivity contribution < 1.29 is 27.8 Å². The number of rotatable bonds is 4. The van der Waals surface area contributed by atoms with Gasteiger partial charge < -0.3 is 9.84 Å². The molecule has 0 saturated carbocycles. The molecule has 0 amide bonds. The summed E-state index contributed by atoms with van der Waals surface area (Å²) in [5, 5.41) is 8.96. The zero-order chi connectivity index (χ0) is 16.5. The van der Waals surface area contributed by atoms with Crippen molar-refractivity contribution in [2.24, 2.45) is 5.92 Å². The number of ether oxygens (including phenoxy) is 1. The van der Waals surface area contributed by atoms with Gasteiger partial charge in [0.05, 0.1) is 11.1 Å². The second-order valence-corrected chi connectivity index (χ2v) is 5.83. The Hall–Kier alpha value is -1.98. The Balaban J connectivity index is 2.40. The van der Waals surface area contributed by atoms with Crippen LogP contribution in [0.15, 0.2) is 30.4 Å². The summed E-state index contributed by atoms with van der Waals surface area (Å²) in [7, 11) is 0. The largest absolute Gasteiger partial charge is 0.487 e. The van der Waals surface area contributed by atoms with Crippen molar-refractivity contribution in [3.8, 4) is 5.75 Å². The van der Waals surface area contributed by atoms with Crippen LogP contribution in [0, 0.1) is 5.92 Å². The summed E-state index contributed by atoms with van der Waals surface area (Å²) in [6.07, 6.45) is 0.947. The third kappa shape index (κ3) is 3.43. The molecule has 1 N–H and O–H groups in total. The molecule has 2 rings (SSSR count). The van der Waals surface area contributed by atoms with Gasteiger partial charge in [-0.05, 0) is 44.9 Å². The normalized spacial score (nSPS) is 18.5. The Morgan fingerprint density at radius 2 is 2.00 bits per heavy atom. The molecule has 0 saturated heterocycles. The molecule has 22 heavy (non-hydrogen) atoms. The lowest BCUT2D eigenvalue weighted by atomic mass is 9.90. The molecule has 1 unspecified atom stereocenters. The molecule has 0 heterocycles. The number of halogens is 3. The van der Waals surface area contributed by atoms with E-state index in [1.807, 2.05) is 12.2 Å². The summed E-state index contributed by atoms with van der Waals surface area (Å²) >= 11 is 0. The van der Waals surface area contributed by atoms with Gasteiger partial charge in [0, 0.05) is 5.92 Å². The van der Waals surface area contributed by atoms with Gasteiger partial charge in [-0.3, -0.25) is 0 Å². The number of carboxylic acid groups (broad SMARTS) is 1. The van der Waals surface area contributed by atoms with Crippen molar-refractivity contribution in [1.29, 1.82) is 0 Å². The van der Waals surface area contributed by atoms with Crippen LogP contribution in [0.4, 0.5) is 13.2 Å². The Bertz CT molecular complexity index is 603. The van der Waals surface area contributed by atoms with Crippen LogP contribution in [0.3, 0.4) is 0 Å². The van der Waals surface area contributed by atoms with E-state index < -0.39 is 29.1 Å². The van der Waals surface area contributed by atoms with Gasteiger partial charge in [0.1, 0.15) is 11.4 Å². The highest BCUT2D eigenvalue weighted by atomic mass is 19.4. The average Bonchev–Trinajstić information content (AvgIpc) is 2.91. The monoisotopic (exact) mass is 314 g/mol. The predicted octanol–water partition coefficient (Wildman–Crippen LogP) is 4.53. The van der Waals surface area contributed by atoms with Gasteiger partial charge in [0.2, 0.25) is 0 Å². The fraction of sp³-hybridized carbons (Fsp3) is 0.438. The fourth-order valence-electron chi connectivity index (χ4n) is 2.54. The second kappa shape index (κ2) is 5.66. The first-order chi connectivity index (χ1) is 10.1. The van der Waals surface area contributed by atoms with Crippen molar-refractivity contribution >= 4 is 5.97 Å². The summed E-state index contributed by atoms with van der Waals surface area (Å²) in [6, 6.07) is 2.62. The quantitative estimate of drug-likeness (QED) is 0.831. The van der Waals surface area contributed by atoms with Crippen molar-refractivity contribution in [1.82, 2.24) is 0 Å². The molecule has 1 aromatic carbocycles. The Labute approximate surface area is 126 Å². The van der Waals surface area contributed by atoms with Crippen LogP contribution < -0.4 is 4.74 Å². The molecule has 0 spiro atoms. The lowest BCUT2D eigenvalue weighted by molar-refractivity contribution is -0.140. The number of carbonyl (C=O) groups is 1. The first-order valence-electron chi connectivity index (χ1n) is 6.91. The zero-order valence-electron chi connectivity index (χ0n) is 12.3. The second-order valence-electron chi connectivity index (χ2n) is 5.83. The van der Waals surface area contributed by atoms with Crippen LogP contribution in [-0.4, -0.2) is 16.7 Å². The number of allylic oxidation sites excluding steroid dienone is 1. The Kier molecular flexibility index (Phi) is 4.22. The number of carboxylic acids is 1. The van der Waals surface area contributed by atoms with Crippen LogP contribution in [0.1, 0.15) is 42.6 Å². The fourth-order valence-corrected chi connectivity index (χ4v) is 2.54. The topological polar surface area (TPSA) is 46.5 Å². The summed E-state index contributed by atoms with van der Waals surface area (Å²) in [5.41, 5.74) is -2.06. The minimum Gasteiger partial charge on any atom is -0.487 e. The molecular formula is C16H17F3O3. The van der Waals surface area contributed by atoms with Crippen molar-refractivity contribution in [2.75, 3.05) is 0 Å². The van der Waals surface area contributed by atoms with Crippen molar-refractivity contribution in [2.45, 2.75) is 38.5 Å². The third-order valence-corrected chi connectivity index (χ3v) is 3.81. The van der Waals surface area contributed by atoms with Gasteiger partial charge in [-0.2, -0.15) is 13.2 Å². The Morgan fingerprint density at radius 1 is 1.32 bits per heavy atom. The first kappa shape index (κ1) is 16.4. The molecule has 6 heteroatoms. The van der Waals surface area contributed by atoms with E-state index in [4.69, 9.17) is 9.84 Å². The number of hydrogen-bond donors (Lipinski definition) is 1. The molecule has 1 aliphatic rings. The van der Waals surface area contributed by atoms with E-state index in [9.17, 15) is 18.0 Å².